The largest absolute Gasteiger partial charge is 0.463 e. The third-order valence-electron chi connectivity index (χ3n) is 2.76. The van der Waals surface area contributed by atoms with Crippen molar-refractivity contribution in [1.82, 2.24) is 0 Å². The zero-order chi connectivity index (χ0) is 13.6. The molecule has 2 rings (SSSR count). The molecule has 0 atom stereocenters. The van der Waals surface area contributed by atoms with Crippen molar-refractivity contribution in [2.24, 2.45) is 0 Å². The van der Waals surface area contributed by atoms with Gasteiger partial charge in [-0.25, -0.2) is 0 Å². The molecule has 18 heavy (non-hydrogen) atoms. The molecular formula is C11H8F5NO. The molecule has 1 amide bonds. The molecule has 0 fully saturated rings. The van der Waals surface area contributed by atoms with E-state index < -0.39 is 18.0 Å². The number of carbonyl (C=O) groups is 1. The Labute approximate surface area is 99.0 Å². The molecular weight excluding hydrogens is 257 g/mol. The summed E-state index contributed by atoms with van der Waals surface area (Å²) in [5, 5.41) is 0. The monoisotopic (exact) mass is 265 g/mol. The minimum Gasteiger partial charge on any atom is -0.306 e. The minimum atomic E-state index is -5.87. The van der Waals surface area contributed by atoms with Crippen molar-refractivity contribution < 1.29 is 26.7 Å². The Morgan fingerprint density at radius 1 is 1.11 bits per heavy atom. The predicted molar refractivity (Wildman–Crippen MR) is 53.5 cm³/mol. The summed E-state index contributed by atoms with van der Waals surface area (Å²) >= 11 is 0. The Bertz CT molecular complexity index is 483. The number of amides is 1. The standard InChI is InChI=1S/C11H8F5NO/c12-10(13,11(14,15)16)9(18)17-6-5-7-3-1-2-4-8(7)17/h1-4H,5-6H2. The first-order valence-corrected chi connectivity index (χ1v) is 5.09. The maximum Gasteiger partial charge on any atom is 0.463 e. The third kappa shape index (κ3) is 1.83. The quantitative estimate of drug-likeness (QED) is 0.715. The normalized spacial score (nSPS) is 15.7. The lowest BCUT2D eigenvalue weighted by molar-refractivity contribution is -0.268. The number of rotatable bonds is 1. The van der Waals surface area contributed by atoms with Gasteiger partial charge in [0.05, 0.1) is 0 Å². The van der Waals surface area contributed by atoms with Crippen molar-refractivity contribution in [3.8, 4) is 0 Å². The smallest absolute Gasteiger partial charge is 0.306 e. The molecule has 0 radical (unpaired) electrons. The van der Waals surface area contributed by atoms with E-state index in [1.54, 1.807) is 12.1 Å². The van der Waals surface area contributed by atoms with Crippen LogP contribution in [-0.4, -0.2) is 24.6 Å². The van der Waals surface area contributed by atoms with E-state index in [9.17, 15) is 26.7 Å². The first-order valence-electron chi connectivity index (χ1n) is 5.09. The average molecular weight is 265 g/mol. The Morgan fingerprint density at radius 3 is 2.33 bits per heavy atom. The van der Waals surface area contributed by atoms with Crippen LogP contribution < -0.4 is 4.90 Å². The third-order valence-corrected chi connectivity index (χ3v) is 2.76. The lowest BCUT2D eigenvalue weighted by atomic mass is 10.2. The molecule has 1 aliphatic heterocycles. The number of hydrogen-bond donors (Lipinski definition) is 0. The number of nitrogens with zero attached hydrogens (tertiary/aromatic N) is 1. The Kier molecular flexibility index (Phi) is 2.79. The van der Waals surface area contributed by atoms with Crippen LogP contribution in [0.3, 0.4) is 0 Å². The number of halogens is 5. The molecule has 0 bridgehead atoms. The number of carbonyl (C=O) groups excluding carboxylic acids is 1. The molecule has 98 valence electrons. The molecule has 1 aliphatic rings. The number of fused-ring (bicyclic) bond motifs is 1. The van der Waals surface area contributed by atoms with Crippen molar-refractivity contribution in [3.05, 3.63) is 29.8 Å². The van der Waals surface area contributed by atoms with Crippen molar-refractivity contribution in [1.29, 1.82) is 0 Å². The number of para-hydroxylation sites is 1. The first kappa shape index (κ1) is 12.8. The van der Waals surface area contributed by atoms with Crippen LogP contribution in [0.15, 0.2) is 24.3 Å². The van der Waals surface area contributed by atoms with Crippen LogP contribution in [0, 0.1) is 0 Å². The number of anilines is 1. The van der Waals surface area contributed by atoms with Crippen LogP contribution in [-0.2, 0) is 11.2 Å². The van der Waals surface area contributed by atoms with Gasteiger partial charge in [-0.05, 0) is 18.1 Å². The van der Waals surface area contributed by atoms with Gasteiger partial charge in [-0.3, -0.25) is 4.79 Å². The van der Waals surface area contributed by atoms with Crippen molar-refractivity contribution in [2.75, 3.05) is 11.4 Å². The highest BCUT2D eigenvalue weighted by atomic mass is 19.4. The molecule has 1 aromatic rings. The van der Waals surface area contributed by atoms with Gasteiger partial charge in [0.1, 0.15) is 0 Å². The second-order valence-corrected chi connectivity index (χ2v) is 3.91. The molecule has 0 saturated carbocycles. The molecule has 0 N–H and O–H groups in total. The van der Waals surface area contributed by atoms with E-state index in [1.807, 2.05) is 0 Å². The number of benzene rings is 1. The molecule has 1 aromatic carbocycles. The summed E-state index contributed by atoms with van der Waals surface area (Å²) in [7, 11) is 0. The fourth-order valence-corrected chi connectivity index (χ4v) is 1.84. The number of hydrogen-bond acceptors (Lipinski definition) is 1. The fourth-order valence-electron chi connectivity index (χ4n) is 1.84. The number of alkyl halides is 5. The summed E-state index contributed by atoms with van der Waals surface area (Å²) in [6.45, 7) is -0.163. The van der Waals surface area contributed by atoms with E-state index in [-0.39, 0.29) is 18.7 Å². The van der Waals surface area contributed by atoms with Gasteiger partial charge in [0, 0.05) is 12.2 Å². The van der Waals surface area contributed by atoms with E-state index in [0.29, 0.717) is 10.5 Å². The highest BCUT2D eigenvalue weighted by Gasteiger charge is 2.65. The summed E-state index contributed by atoms with van der Waals surface area (Å²) in [4.78, 5) is 11.8. The molecule has 0 spiro atoms. The van der Waals surface area contributed by atoms with E-state index in [1.165, 1.54) is 12.1 Å². The lowest BCUT2D eigenvalue weighted by Crippen LogP contribution is -2.51. The molecule has 0 aliphatic carbocycles. The highest BCUT2D eigenvalue weighted by Crippen LogP contribution is 2.39. The second-order valence-electron chi connectivity index (χ2n) is 3.91. The van der Waals surface area contributed by atoms with Crippen molar-refractivity contribution in [2.45, 2.75) is 18.5 Å². The maximum atomic E-state index is 13.0. The van der Waals surface area contributed by atoms with E-state index >= 15 is 0 Å². The Hall–Kier alpha value is -1.66. The van der Waals surface area contributed by atoms with Gasteiger partial charge in [-0.2, -0.15) is 22.0 Å². The summed E-state index contributed by atoms with van der Waals surface area (Å²) in [5.74, 6) is -7.58. The van der Waals surface area contributed by atoms with Crippen LogP contribution in [0.2, 0.25) is 0 Å². The van der Waals surface area contributed by atoms with E-state index in [0.717, 1.165) is 0 Å². The van der Waals surface area contributed by atoms with Gasteiger partial charge < -0.3 is 4.90 Å². The van der Waals surface area contributed by atoms with Gasteiger partial charge in [0.2, 0.25) is 0 Å². The fraction of sp³-hybridized carbons (Fsp3) is 0.364. The van der Waals surface area contributed by atoms with Crippen LogP contribution in [0.25, 0.3) is 0 Å². The van der Waals surface area contributed by atoms with Gasteiger partial charge in [-0.1, -0.05) is 18.2 Å². The predicted octanol–water partition coefficient (Wildman–Crippen LogP) is 2.77. The maximum absolute atomic E-state index is 13.0. The summed E-state index contributed by atoms with van der Waals surface area (Å²) in [5.41, 5.74) is 0.704. The lowest BCUT2D eigenvalue weighted by Gasteiger charge is -2.24. The second kappa shape index (κ2) is 3.93. The SMILES string of the molecule is O=C(N1CCc2ccccc21)C(F)(F)C(F)(F)F. The zero-order valence-electron chi connectivity index (χ0n) is 8.97. The topological polar surface area (TPSA) is 20.3 Å². The first-order chi connectivity index (χ1) is 8.25. The summed E-state index contributed by atoms with van der Waals surface area (Å²) in [6, 6.07) is 6.06. The molecule has 1 heterocycles. The van der Waals surface area contributed by atoms with E-state index in [2.05, 4.69) is 0 Å². The van der Waals surface area contributed by atoms with Crippen LogP contribution in [0.1, 0.15) is 5.56 Å². The van der Waals surface area contributed by atoms with Gasteiger partial charge in [0.15, 0.2) is 0 Å². The van der Waals surface area contributed by atoms with Crippen LogP contribution >= 0.6 is 0 Å². The zero-order valence-corrected chi connectivity index (χ0v) is 8.97. The molecule has 0 saturated heterocycles. The van der Waals surface area contributed by atoms with Gasteiger partial charge in [-0.15, -0.1) is 0 Å². The Morgan fingerprint density at radius 2 is 1.72 bits per heavy atom. The van der Waals surface area contributed by atoms with Crippen molar-refractivity contribution >= 4 is 11.6 Å². The summed E-state index contributed by atoms with van der Waals surface area (Å²) < 4.78 is 62.3. The Balaban J connectivity index is 2.33. The van der Waals surface area contributed by atoms with Crippen LogP contribution in [0.4, 0.5) is 27.6 Å². The molecule has 0 aromatic heterocycles. The molecule has 7 heteroatoms. The summed E-state index contributed by atoms with van der Waals surface area (Å²) in [6.07, 6.45) is -5.60. The van der Waals surface area contributed by atoms with Crippen LogP contribution in [0.5, 0.6) is 0 Å². The van der Waals surface area contributed by atoms with Gasteiger partial charge in [0.25, 0.3) is 0 Å². The van der Waals surface area contributed by atoms with E-state index in [4.69, 9.17) is 0 Å². The molecule has 0 unspecified atom stereocenters. The minimum absolute atomic E-state index is 0.117. The highest BCUT2D eigenvalue weighted by molar-refractivity contribution is 6.00. The van der Waals surface area contributed by atoms with Gasteiger partial charge >= 0.3 is 18.0 Å². The molecule has 2 nitrogen and oxygen atoms in total. The van der Waals surface area contributed by atoms with Crippen molar-refractivity contribution in [3.63, 3.8) is 0 Å². The average Bonchev–Trinajstić information content (AvgIpc) is 2.70.